The normalized spacial score (nSPS) is 11.3. The number of fused-ring (bicyclic) bond motifs is 1. The summed E-state index contributed by atoms with van der Waals surface area (Å²) in [5.41, 5.74) is -0.327. The van der Waals surface area contributed by atoms with Crippen LogP contribution in [-0.4, -0.2) is 38.7 Å². The second-order valence-corrected chi connectivity index (χ2v) is 7.58. The van der Waals surface area contributed by atoms with Crippen molar-refractivity contribution in [2.45, 2.75) is 50.9 Å². The van der Waals surface area contributed by atoms with Crippen LogP contribution in [0.3, 0.4) is 0 Å². The van der Waals surface area contributed by atoms with E-state index in [0.29, 0.717) is 22.6 Å². The molecule has 0 unspecified atom stereocenters. The molecule has 0 aliphatic rings. The molecule has 0 atom stereocenters. The fraction of sp³-hybridized carbons (Fsp3) is 0.474. The molecule has 1 aromatic carbocycles. The number of para-hydroxylation sites is 1. The van der Waals surface area contributed by atoms with Gasteiger partial charge in [-0.1, -0.05) is 37.2 Å². The molecule has 0 bridgehead atoms. The second-order valence-electron chi connectivity index (χ2n) is 6.63. The van der Waals surface area contributed by atoms with Crippen LogP contribution in [0, 0.1) is 11.3 Å². The number of hydrogen-bond acceptors (Lipinski definition) is 5. The molecule has 1 heterocycles. The SMILES string of the molecule is CCCCn1c(SCC(=O)N(C)C(C)(C)C#N)nc2ccccc2c1=O. The minimum atomic E-state index is -0.879. The van der Waals surface area contributed by atoms with Crippen molar-refractivity contribution in [2.24, 2.45) is 0 Å². The zero-order chi connectivity index (χ0) is 19.3. The van der Waals surface area contributed by atoms with Crippen molar-refractivity contribution in [2.75, 3.05) is 12.8 Å². The summed E-state index contributed by atoms with van der Waals surface area (Å²) in [7, 11) is 1.62. The van der Waals surface area contributed by atoms with Crippen molar-refractivity contribution in [1.82, 2.24) is 14.5 Å². The molecule has 0 aliphatic carbocycles. The molecule has 0 aliphatic heterocycles. The molecule has 0 N–H and O–H groups in total. The number of carbonyl (C=O) groups is 1. The largest absolute Gasteiger partial charge is 0.327 e. The van der Waals surface area contributed by atoms with Gasteiger partial charge in [-0.2, -0.15) is 5.26 Å². The van der Waals surface area contributed by atoms with Gasteiger partial charge in [-0.3, -0.25) is 14.2 Å². The summed E-state index contributed by atoms with van der Waals surface area (Å²) in [6.07, 6.45) is 1.82. The van der Waals surface area contributed by atoms with Gasteiger partial charge in [-0.25, -0.2) is 4.98 Å². The van der Waals surface area contributed by atoms with Gasteiger partial charge in [0, 0.05) is 13.6 Å². The van der Waals surface area contributed by atoms with E-state index in [2.05, 4.69) is 18.0 Å². The first-order chi connectivity index (χ1) is 12.3. The fourth-order valence-electron chi connectivity index (χ4n) is 2.38. The van der Waals surface area contributed by atoms with E-state index < -0.39 is 5.54 Å². The zero-order valence-corrected chi connectivity index (χ0v) is 16.5. The summed E-state index contributed by atoms with van der Waals surface area (Å²) in [5, 5.41) is 10.3. The Kier molecular flexibility index (Phi) is 6.43. The van der Waals surface area contributed by atoms with Crippen molar-refractivity contribution in [1.29, 1.82) is 5.26 Å². The molecule has 0 radical (unpaired) electrons. The first kappa shape index (κ1) is 20.0. The van der Waals surface area contributed by atoms with Crippen molar-refractivity contribution < 1.29 is 4.79 Å². The summed E-state index contributed by atoms with van der Waals surface area (Å²) in [5.74, 6) is -0.0515. The maximum atomic E-state index is 12.8. The number of thioether (sulfide) groups is 1. The number of benzene rings is 1. The Bertz CT molecular complexity index is 899. The summed E-state index contributed by atoms with van der Waals surface area (Å²) in [6, 6.07) is 9.36. The maximum absolute atomic E-state index is 12.8. The van der Waals surface area contributed by atoms with Crippen LogP contribution < -0.4 is 5.56 Å². The van der Waals surface area contributed by atoms with E-state index in [-0.39, 0.29) is 17.2 Å². The van der Waals surface area contributed by atoms with Crippen LogP contribution >= 0.6 is 11.8 Å². The number of rotatable bonds is 7. The van der Waals surface area contributed by atoms with Crippen LogP contribution in [0.2, 0.25) is 0 Å². The van der Waals surface area contributed by atoms with Crippen LogP contribution in [0.25, 0.3) is 10.9 Å². The van der Waals surface area contributed by atoms with Gasteiger partial charge >= 0.3 is 0 Å². The Morgan fingerprint density at radius 1 is 1.38 bits per heavy atom. The highest BCUT2D eigenvalue weighted by Gasteiger charge is 2.27. The van der Waals surface area contributed by atoms with Gasteiger partial charge in [0.2, 0.25) is 5.91 Å². The first-order valence-corrected chi connectivity index (χ1v) is 9.60. The van der Waals surface area contributed by atoms with Crippen molar-refractivity contribution >= 4 is 28.6 Å². The number of nitrogens with zero attached hydrogens (tertiary/aromatic N) is 4. The summed E-state index contributed by atoms with van der Waals surface area (Å²) < 4.78 is 1.65. The van der Waals surface area contributed by atoms with Crippen LogP contribution in [-0.2, 0) is 11.3 Å². The van der Waals surface area contributed by atoms with Crippen LogP contribution in [0.4, 0.5) is 0 Å². The predicted octanol–water partition coefficient (Wildman–Crippen LogP) is 3.05. The van der Waals surface area contributed by atoms with Crippen molar-refractivity contribution in [3.63, 3.8) is 0 Å². The molecule has 2 aromatic rings. The van der Waals surface area contributed by atoms with Gasteiger partial charge < -0.3 is 4.90 Å². The van der Waals surface area contributed by atoms with Gasteiger partial charge in [0.1, 0.15) is 5.54 Å². The minimum Gasteiger partial charge on any atom is -0.327 e. The van der Waals surface area contributed by atoms with Gasteiger partial charge in [0.25, 0.3) is 5.56 Å². The third-order valence-electron chi connectivity index (χ3n) is 4.37. The van der Waals surface area contributed by atoms with Crippen LogP contribution in [0.1, 0.15) is 33.6 Å². The number of unbranched alkanes of at least 4 members (excludes halogenated alkanes) is 1. The number of carbonyl (C=O) groups excluding carboxylic acids is 1. The van der Waals surface area contributed by atoms with E-state index in [0.717, 1.165) is 12.8 Å². The molecule has 7 heteroatoms. The molecular weight excluding hydrogens is 348 g/mol. The highest BCUT2D eigenvalue weighted by molar-refractivity contribution is 7.99. The summed E-state index contributed by atoms with van der Waals surface area (Å²) in [6.45, 7) is 6.03. The van der Waals surface area contributed by atoms with E-state index in [1.807, 2.05) is 12.1 Å². The third-order valence-corrected chi connectivity index (χ3v) is 5.33. The average Bonchev–Trinajstić information content (AvgIpc) is 2.64. The molecule has 2 rings (SSSR count). The predicted molar refractivity (Wildman–Crippen MR) is 104 cm³/mol. The standard InChI is InChI=1S/C19H24N4O2S/c1-5-6-11-23-17(25)14-9-7-8-10-15(14)21-18(23)26-12-16(24)22(4)19(2,3)13-20/h7-10H,5-6,11-12H2,1-4H3. The number of nitriles is 1. The fourth-order valence-corrected chi connectivity index (χ4v) is 3.32. The highest BCUT2D eigenvalue weighted by Crippen LogP contribution is 2.20. The molecule has 6 nitrogen and oxygen atoms in total. The molecule has 0 saturated heterocycles. The minimum absolute atomic E-state index is 0.0790. The summed E-state index contributed by atoms with van der Waals surface area (Å²) >= 11 is 1.24. The Balaban J connectivity index is 2.32. The molecule has 0 spiro atoms. The van der Waals surface area contributed by atoms with Gasteiger partial charge in [-0.15, -0.1) is 0 Å². The smallest absolute Gasteiger partial charge is 0.262 e. The molecule has 1 amide bonds. The van der Waals surface area contributed by atoms with Crippen molar-refractivity contribution in [3.8, 4) is 6.07 Å². The van der Waals surface area contributed by atoms with Gasteiger partial charge in [-0.05, 0) is 32.4 Å². The lowest BCUT2D eigenvalue weighted by molar-refractivity contribution is -0.130. The molecule has 0 fully saturated rings. The van der Waals surface area contributed by atoms with Gasteiger partial charge in [0.05, 0.1) is 22.7 Å². The van der Waals surface area contributed by atoms with Gasteiger partial charge in [0.15, 0.2) is 5.16 Å². The number of aromatic nitrogens is 2. The van der Waals surface area contributed by atoms with Crippen LogP contribution in [0.5, 0.6) is 0 Å². The number of amides is 1. The lowest BCUT2D eigenvalue weighted by atomic mass is 10.1. The summed E-state index contributed by atoms with van der Waals surface area (Å²) in [4.78, 5) is 31.3. The van der Waals surface area contributed by atoms with Crippen LogP contribution in [0.15, 0.2) is 34.2 Å². The molecule has 0 saturated carbocycles. The molecule has 138 valence electrons. The highest BCUT2D eigenvalue weighted by atomic mass is 32.2. The second kappa shape index (κ2) is 8.37. The van der Waals surface area contributed by atoms with E-state index in [1.165, 1.54) is 16.7 Å². The zero-order valence-electron chi connectivity index (χ0n) is 15.7. The molecule has 26 heavy (non-hydrogen) atoms. The average molecular weight is 372 g/mol. The number of hydrogen-bond donors (Lipinski definition) is 0. The third kappa shape index (κ3) is 4.25. The van der Waals surface area contributed by atoms with E-state index in [1.54, 1.807) is 37.6 Å². The maximum Gasteiger partial charge on any atom is 0.262 e. The lowest BCUT2D eigenvalue weighted by Crippen LogP contribution is -2.44. The Labute approximate surface area is 157 Å². The lowest BCUT2D eigenvalue weighted by Gasteiger charge is -2.29. The molecular formula is C19H24N4O2S. The molecule has 1 aromatic heterocycles. The Hall–Kier alpha value is -2.33. The van der Waals surface area contributed by atoms with Crippen molar-refractivity contribution in [3.05, 3.63) is 34.6 Å². The topological polar surface area (TPSA) is 79.0 Å². The Morgan fingerprint density at radius 2 is 2.08 bits per heavy atom. The van der Waals surface area contributed by atoms with E-state index in [4.69, 9.17) is 0 Å². The Morgan fingerprint density at radius 3 is 2.73 bits per heavy atom. The van der Waals surface area contributed by atoms with E-state index >= 15 is 0 Å². The quantitative estimate of drug-likeness (QED) is 0.551. The first-order valence-electron chi connectivity index (χ1n) is 8.62. The van der Waals surface area contributed by atoms with E-state index in [9.17, 15) is 14.9 Å². The monoisotopic (exact) mass is 372 g/mol.